The molecule has 1 aliphatic carbocycles. The van der Waals surface area contributed by atoms with Crippen molar-refractivity contribution < 1.29 is 13.9 Å². The molecule has 6 nitrogen and oxygen atoms in total. The number of nitriles is 1. The maximum atomic E-state index is 13.6. The molecule has 0 fully saturated rings. The monoisotopic (exact) mass is 406 g/mol. The Labute approximate surface area is 174 Å². The smallest absolute Gasteiger partial charge is 0.407 e. The average Bonchev–Trinajstić information content (AvgIpc) is 3.24. The summed E-state index contributed by atoms with van der Waals surface area (Å²) in [5, 5.41) is 13.2. The van der Waals surface area contributed by atoms with Crippen LogP contribution in [0.5, 0.6) is 0 Å². The van der Waals surface area contributed by atoms with Crippen LogP contribution in [-0.2, 0) is 24.1 Å². The Morgan fingerprint density at radius 3 is 2.93 bits per heavy atom. The maximum Gasteiger partial charge on any atom is 0.407 e. The van der Waals surface area contributed by atoms with Crippen molar-refractivity contribution in [3.05, 3.63) is 64.9 Å². The fourth-order valence-corrected chi connectivity index (χ4v) is 3.99. The molecule has 0 unspecified atom stereocenters. The molecule has 1 aromatic carbocycles. The first-order chi connectivity index (χ1) is 14.4. The number of amides is 1. The van der Waals surface area contributed by atoms with E-state index in [1.807, 2.05) is 26.0 Å². The van der Waals surface area contributed by atoms with E-state index in [1.165, 1.54) is 6.07 Å². The van der Waals surface area contributed by atoms with E-state index in [9.17, 15) is 14.4 Å². The molecule has 7 heteroatoms. The van der Waals surface area contributed by atoms with Crippen molar-refractivity contribution in [1.82, 2.24) is 14.9 Å². The van der Waals surface area contributed by atoms with Crippen LogP contribution in [0.1, 0.15) is 36.4 Å². The van der Waals surface area contributed by atoms with Crippen molar-refractivity contribution in [1.29, 1.82) is 5.26 Å². The summed E-state index contributed by atoms with van der Waals surface area (Å²) in [6.07, 6.45) is 0.873. The van der Waals surface area contributed by atoms with Gasteiger partial charge in [-0.15, -0.1) is 0 Å². The number of carbonyl (C=O) groups is 1. The van der Waals surface area contributed by atoms with E-state index in [4.69, 9.17) is 4.74 Å². The Balaban J connectivity index is 1.65. The Hall–Kier alpha value is -3.40. The van der Waals surface area contributed by atoms with Gasteiger partial charge in [0.15, 0.2) is 0 Å². The number of nitrogens with zero attached hydrogens (tertiary/aromatic N) is 3. The third-order valence-corrected chi connectivity index (χ3v) is 5.27. The highest BCUT2D eigenvalue weighted by Crippen LogP contribution is 2.34. The molecule has 1 atom stereocenters. The highest BCUT2D eigenvalue weighted by atomic mass is 19.1. The van der Waals surface area contributed by atoms with Crippen molar-refractivity contribution in [2.75, 3.05) is 6.61 Å². The highest BCUT2D eigenvalue weighted by molar-refractivity contribution is 5.88. The van der Waals surface area contributed by atoms with Crippen molar-refractivity contribution in [3.8, 4) is 6.07 Å². The van der Waals surface area contributed by atoms with Gasteiger partial charge in [0.05, 0.1) is 30.5 Å². The van der Waals surface area contributed by atoms with Gasteiger partial charge in [-0.05, 0) is 48.2 Å². The zero-order valence-corrected chi connectivity index (χ0v) is 17.0. The molecule has 0 radical (unpaired) electrons. The van der Waals surface area contributed by atoms with E-state index in [-0.39, 0.29) is 12.0 Å². The number of nitrogens with one attached hydrogen (secondary N) is 1. The number of ether oxygens (including phenoxy) is 1. The van der Waals surface area contributed by atoms with Crippen LogP contribution in [0.15, 0.2) is 36.4 Å². The summed E-state index contributed by atoms with van der Waals surface area (Å²) in [4.78, 5) is 16.1. The summed E-state index contributed by atoms with van der Waals surface area (Å²) < 4.78 is 21.0. The number of fused-ring (bicyclic) bond motifs is 3. The largest absolute Gasteiger partial charge is 0.449 e. The van der Waals surface area contributed by atoms with Crippen LogP contribution < -0.4 is 5.32 Å². The lowest BCUT2D eigenvalue weighted by molar-refractivity contribution is 0.129. The summed E-state index contributed by atoms with van der Waals surface area (Å²) in [5.74, 6) is -0.243. The topological polar surface area (TPSA) is 79.9 Å². The van der Waals surface area contributed by atoms with Gasteiger partial charge in [0.2, 0.25) is 5.95 Å². The first-order valence-corrected chi connectivity index (χ1v) is 10.0. The second-order valence-electron chi connectivity index (χ2n) is 8.05. The van der Waals surface area contributed by atoms with Gasteiger partial charge in [-0.3, -0.25) is 0 Å². The molecule has 1 N–H and O–H groups in total. The lowest BCUT2D eigenvalue weighted by Gasteiger charge is -2.15. The third-order valence-electron chi connectivity index (χ3n) is 5.27. The molecule has 0 aliphatic heterocycles. The van der Waals surface area contributed by atoms with Crippen LogP contribution in [-0.4, -0.2) is 28.3 Å². The molecule has 0 spiro atoms. The first kappa shape index (κ1) is 19.9. The number of pyridine rings is 1. The zero-order valence-electron chi connectivity index (χ0n) is 17.0. The number of carbonyl (C=O) groups excluding carboxylic acids is 1. The summed E-state index contributed by atoms with van der Waals surface area (Å²) in [6.45, 7) is 4.76. The molecule has 0 saturated heterocycles. The van der Waals surface area contributed by atoms with E-state index in [0.29, 0.717) is 37.3 Å². The standard InChI is InChI=1S/C23H23FN4O2/c1-14(2)13-30-23(29)27-17-9-19-18-8-15(11-25)6-7-20(18)28(21(19)10-17)12-16-4-3-5-22(24)26-16/h3-8,14,17H,9-10,12-13H2,1-2H3,(H,27,29)/t17-/m0/s1. The summed E-state index contributed by atoms with van der Waals surface area (Å²) in [7, 11) is 0. The van der Waals surface area contributed by atoms with E-state index in [0.717, 1.165) is 22.2 Å². The minimum atomic E-state index is -0.514. The van der Waals surface area contributed by atoms with E-state index in [1.54, 1.807) is 18.2 Å². The lowest BCUT2D eigenvalue weighted by atomic mass is 10.1. The van der Waals surface area contributed by atoms with Crippen LogP contribution in [0.2, 0.25) is 0 Å². The second-order valence-corrected chi connectivity index (χ2v) is 8.05. The molecule has 30 heavy (non-hydrogen) atoms. The quantitative estimate of drug-likeness (QED) is 0.651. The van der Waals surface area contributed by atoms with Crippen molar-refractivity contribution in [2.45, 2.75) is 39.3 Å². The molecule has 4 rings (SSSR count). The van der Waals surface area contributed by atoms with E-state index >= 15 is 0 Å². The van der Waals surface area contributed by atoms with Crippen LogP contribution in [0.3, 0.4) is 0 Å². The highest BCUT2D eigenvalue weighted by Gasteiger charge is 2.30. The fraction of sp³-hybridized carbons (Fsp3) is 0.348. The molecular weight excluding hydrogens is 383 g/mol. The number of alkyl carbamates (subject to hydrolysis) is 1. The van der Waals surface area contributed by atoms with Crippen molar-refractivity contribution >= 4 is 17.0 Å². The number of hydrogen-bond acceptors (Lipinski definition) is 4. The Morgan fingerprint density at radius 1 is 1.37 bits per heavy atom. The Kier molecular flexibility index (Phi) is 5.40. The van der Waals surface area contributed by atoms with Gasteiger partial charge >= 0.3 is 6.09 Å². The molecule has 1 aliphatic rings. The zero-order chi connectivity index (χ0) is 21.3. The Morgan fingerprint density at radius 2 is 2.20 bits per heavy atom. The molecule has 0 bridgehead atoms. The van der Waals surface area contributed by atoms with Gasteiger partial charge in [-0.1, -0.05) is 19.9 Å². The molecule has 2 heterocycles. The van der Waals surface area contributed by atoms with Crippen LogP contribution in [0, 0.1) is 23.2 Å². The van der Waals surface area contributed by atoms with Gasteiger partial charge in [-0.25, -0.2) is 9.78 Å². The number of hydrogen-bond donors (Lipinski definition) is 1. The number of rotatable bonds is 5. The van der Waals surface area contributed by atoms with Gasteiger partial charge in [0.1, 0.15) is 0 Å². The Bertz CT molecular complexity index is 1150. The summed E-state index contributed by atoms with van der Waals surface area (Å²) >= 11 is 0. The predicted octanol–water partition coefficient (Wildman–Crippen LogP) is 3.94. The normalized spacial score (nSPS) is 15.2. The molecule has 0 saturated carbocycles. The average molecular weight is 406 g/mol. The number of aromatic nitrogens is 2. The summed E-state index contributed by atoms with van der Waals surface area (Å²) in [5.41, 5.74) is 4.35. The molecule has 3 aromatic rings. The minimum absolute atomic E-state index is 0.0866. The summed E-state index contributed by atoms with van der Waals surface area (Å²) in [6, 6.07) is 12.4. The fourth-order valence-electron chi connectivity index (χ4n) is 3.99. The molecule has 2 aromatic heterocycles. The number of halogens is 1. The van der Waals surface area contributed by atoms with Gasteiger partial charge in [0, 0.05) is 29.1 Å². The van der Waals surface area contributed by atoms with Crippen molar-refractivity contribution in [2.24, 2.45) is 5.92 Å². The van der Waals surface area contributed by atoms with Gasteiger partial charge in [-0.2, -0.15) is 9.65 Å². The van der Waals surface area contributed by atoms with E-state index in [2.05, 4.69) is 20.9 Å². The molecule has 1 amide bonds. The predicted molar refractivity (Wildman–Crippen MR) is 110 cm³/mol. The lowest BCUT2D eigenvalue weighted by Crippen LogP contribution is -2.36. The van der Waals surface area contributed by atoms with Gasteiger partial charge in [0.25, 0.3) is 0 Å². The van der Waals surface area contributed by atoms with Crippen molar-refractivity contribution in [3.63, 3.8) is 0 Å². The minimum Gasteiger partial charge on any atom is -0.449 e. The van der Waals surface area contributed by atoms with Gasteiger partial charge < -0.3 is 14.6 Å². The van der Waals surface area contributed by atoms with Crippen LogP contribution >= 0.6 is 0 Å². The number of benzene rings is 1. The third kappa shape index (κ3) is 3.99. The SMILES string of the molecule is CC(C)COC(=O)N[C@H]1Cc2c(n(Cc3cccc(F)n3)c3ccc(C#N)cc23)C1. The van der Waals surface area contributed by atoms with Crippen LogP contribution in [0.4, 0.5) is 9.18 Å². The van der Waals surface area contributed by atoms with E-state index < -0.39 is 12.0 Å². The first-order valence-electron chi connectivity index (χ1n) is 10.0. The molecular formula is C23H23FN4O2. The maximum absolute atomic E-state index is 13.6. The van der Waals surface area contributed by atoms with Crippen LogP contribution in [0.25, 0.3) is 10.9 Å². The second kappa shape index (κ2) is 8.15. The molecule has 154 valence electrons.